The molecule has 146 valence electrons. The van der Waals surface area contributed by atoms with Gasteiger partial charge in [0.1, 0.15) is 0 Å². The Bertz CT molecular complexity index is 939. The number of rotatable bonds is 4. The minimum atomic E-state index is -2.28. The normalized spacial score (nSPS) is 13.2. The van der Waals surface area contributed by atoms with Crippen molar-refractivity contribution in [2.24, 2.45) is 11.8 Å². The summed E-state index contributed by atoms with van der Waals surface area (Å²) in [6, 6.07) is 16.1. The van der Waals surface area contributed by atoms with E-state index in [1.54, 1.807) is 12.2 Å². The second-order valence-electron chi connectivity index (χ2n) is 8.13. The largest absolute Gasteiger partial charge is 1.00 e. The molecular formula is C25H28Cl2Hf. The zero-order chi connectivity index (χ0) is 18.3. The summed E-state index contributed by atoms with van der Waals surface area (Å²) in [6.45, 7) is 9.67. The van der Waals surface area contributed by atoms with E-state index in [1.807, 2.05) is 3.26 Å². The quantitative estimate of drug-likeness (QED) is 0.378. The second-order valence-corrected chi connectivity index (χ2v) is 17.1. The molecule has 4 rings (SSSR count). The number of fused-ring (bicyclic) bond motifs is 3. The van der Waals surface area contributed by atoms with Gasteiger partial charge in [0.25, 0.3) is 0 Å². The Morgan fingerprint density at radius 1 is 0.857 bits per heavy atom. The van der Waals surface area contributed by atoms with Gasteiger partial charge in [0.15, 0.2) is 0 Å². The molecule has 0 N–H and O–H groups in total. The fourth-order valence-electron chi connectivity index (χ4n) is 4.78. The van der Waals surface area contributed by atoms with E-state index in [1.165, 1.54) is 23.1 Å². The summed E-state index contributed by atoms with van der Waals surface area (Å²) < 4.78 is 5.40. The second kappa shape index (κ2) is 9.83. The summed E-state index contributed by atoms with van der Waals surface area (Å²) in [4.78, 5) is 0. The van der Waals surface area contributed by atoms with Gasteiger partial charge in [0.05, 0.1) is 0 Å². The average Bonchev–Trinajstić information content (AvgIpc) is 3.26. The molecule has 28 heavy (non-hydrogen) atoms. The van der Waals surface area contributed by atoms with Crippen LogP contribution in [-0.4, -0.2) is 3.26 Å². The summed E-state index contributed by atoms with van der Waals surface area (Å²) in [6.07, 6.45) is 9.41. The van der Waals surface area contributed by atoms with Crippen molar-refractivity contribution in [3.63, 3.8) is 0 Å². The Morgan fingerprint density at radius 2 is 1.54 bits per heavy atom. The standard InChI is InChI=1S/C13H9.C7H14.C5H5.2ClH.Hf/c1-3-7-12-10(5-1)9-11-6-2-4-8-13(11)12;1-6(2)5-7(3)4;1-2-4-5-3-1;;;/h1-5,7-8H,9H2;6-7H,1-4H3;1-3H,4H2;2*1H;/q;;;;;+2/p-2. The van der Waals surface area contributed by atoms with E-state index in [0.717, 1.165) is 6.42 Å². The van der Waals surface area contributed by atoms with Crippen molar-refractivity contribution >= 4 is 6.58 Å². The van der Waals surface area contributed by atoms with Gasteiger partial charge in [-0.05, 0) is 0 Å². The first-order chi connectivity index (χ1) is 12.6. The molecule has 0 aliphatic heterocycles. The predicted molar refractivity (Wildman–Crippen MR) is 111 cm³/mol. The molecule has 2 aromatic rings. The van der Waals surface area contributed by atoms with Gasteiger partial charge in [-0.25, -0.2) is 0 Å². The number of benzene rings is 2. The third-order valence-corrected chi connectivity index (χ3v) is 19.2. The van der Waals surface area contributed by atoms with Crippen molar-refractivity contribution in [2.75, 3.05) is 0 Å². The van der Waals surface area contributed by atoms with Crippen LogP contribution >= 0.6 is 0 Å². The minimum Gasteiger partial charge on any atom is -1.00 e. The monoisotopic (exact) mass is 578 g/mol. The zero-order valence-corrected chi connectivity index (χ0v) is 22.2. The molecule has 0 atom stereocenters. The topological polar surface area (TPSA) is 0 Å². The third kappa shape index (κ3) is 4.23. The van der Waals surface area contributed by atoms with Gasteiger partial charge in [0.2, 0.25) is 0 Å². The average molecular weight is 578 g/mol. The third-order valence-electron chi connectivity index (χ3n) is 5.75. The summed E-state index contributed by atoms with van der Waals surface area (Å²) in [5.41, 5.74) is 6.11. The first-order valence-corrected chi connectivity index (χ1v) is 15.3. The molecule has 0 spiro atoms. The molecular weight excluding hydrogens is 550 g/mol. The maximum Gasteiger partial charge on any atom is -1.00 e. The van der Waals surface area contributed by atoms with Crippen molar-refractivity contribution in [1.29, 1.82) is 0 Å². The van der Waals surface area contributed by atoms with Crippen LogP contribution in [0.5, 0.6) is 0 Å². The summed E-state index contributed by atoms with van der Waals surface area (Å²) in [7, 11) is 0. The Labute approximate surface area is 190 Å². The van der Waals surface area contributed by atoms with Crippen molar-refractivity contribution in [1.82, 2.24) is 0 Å². The number of hydrogen-bond acceptors (Lipinski definition) is 0. The van der Waals surface area contributed by atoms with Gasteiger partial charge in [-0.2, -0.15) is 0 Å². The maximum absolute atomic E-state index is 2.48. The van der Waals surface area contributed by atoms with Crippen LogP contribution < -0.4 is 28.1 Å². The molecule has 0 unspecified atom stereocenters. The zero-order valence-electron chi connectivity index (χ0n) is 17.1. The van der Waals surface area contributed by atoms with Crippen LogP contribution in [0.15, 0.2) is 64.0 Å². The van der Waals surface area contributed by atoms with Gasteiger partial charge in [-0.1, -0.05) is 0 Å². The van der Waals surface area contributed by atoms with Crippen molar-refractivity contribution in [3.8, 4) is 11.1 Å². The molecule has 0 amide bonds. The van der Waals surface area contributed by atoms with Crippen LogP contribution in [0.25, 0.3) is 11.1 Å². The van der Waals surface area contributed by atoms with Gasteiger partial charge in [-0.3, -0.25) is 0 Å². The van der Waals surface area contributed by atoms with E-state index in [9.17, 15) is 0 Å². The van der Waals surface area contributed by atoms with Crippen LogP contribution in [0, 0.1) is 11.8 Å². The smallest absolute Gasteiger partial charge is 1.00 e. The van der Waals surface area contributed by atoms with Crippen LogP contribution in [0.3, 0.4) is 0 Å². The van der Waals surface area contributed by atoms with Crippen LogP contribution in [0.1, 0.15) is 45.2 Å². The summed E-state index contributed by atoms with van der Waals surface area (Å²) >= 11 is -2.28. The van der Waals surface area contributed by atoms with Gasteiger partial charge >= 0.3 is 166 Å². The van der Waals surface area contributed by atoms with Crippen molar-refractivity contribution < 1.29 is 45.8 Å². The molecule has 0 radical (unpaired) electrons. The molecule has 2 aliphatic carbocycles. The van der Waals surface area contributed by atoms with E-state index in [-0.39, 0.29) is 24.8 Å². The van der Waals surface area contributed by atoms with E-state index in [4.69, 9.17) is 0 Å². The fourth-order valence-corrected chi connectivity index (χ4v) is 17.6. The number of halogens is 2. The molecule has 0 saturated heterocycles. The number of allylic oxidation sites excluding steroid dienone is 4. The molecule has 2 aromatic carbocycles. The van der Waals surface area contributed by atoms with Gasteiger partial charge in [-0.15, -0.1) is 0 Å². The Morgan fingerprint density at radius 3 is 2.18 bits per heavy atom. The molecule has 3 heteroatoms. The SMILES string of the molecule is CC(C)[C](C(C)C)=[Hf+2]([C]1=CC=CC1)[c]1cccc2c1Cc1ccccc1-2.[Cl-].[Cl-]. The Hall–Kier alpha value is -0.760. The first-order valence-electron chi connectivity index (χ1n) is 9.88. The van der Waals surface area contributed by atoms with Crippen LogP contribution in [-0.2, 0) is 27.4 Å². The van der Waals surface area contributed by atoms with Crippen molar-refractivity contribution in [2.45, 2.75) is 40.5 Å². The Kier molecular flexibility index (Phi) is 8.26. The van der Waals surface area contributed by atoms with E-state index in [2.05, 4.69) is 88.4 Å². The first kappa shape index (κ1) is 23.5. The number of hydrogen-bond donors (Lipinski definition) is 0. The molecule has 0 bridgehead atoms. The van der Waals surface area contributed by atoms with E-state index >= 15 is 0 Å². The maximum atomic E-state index is 2.48. The molecule has 0 nitrogen and oxygen atoms in total. The van der Waals surface area contributed by atoms with Gasteiger partial charge < -0.3 is 24.8 Å². The van der Waals surface area contributed by atoms with Gasteiger partial charge in [0, 0.05) is 0 Å². The molecule has 0 fully saturated rings. The van der Waals surface area contributed by atoms with Crippen LogP contribution in [0.2, 0.25) is 0 Å². The molecule has 0 saturated carbocycles. The van der Waals surface area contributed by atoms with E-state index < -0.39 is 21.0 Å². The Balaban J connectivity index is 0.00000140. The molecule has 0 heterocycles. The van der Waals surface area contributed by atoms with E-state index in [0.29, 0.717) is 11.8 Å². The fraction of sp³-hybridized carbons (Fsp3) is 0.320. The summed E-state index contributed by atoms with van der Waals surface area (Å²) in [5, 5.41) is 0. The summed E-state index contributed by atoms with van der Waals surface area (Å²) in [5.74, 6) is 1.36. The van der Waals surface area contributed by atoms with Crippen molar-refractivity contribution in [3.05, 3.63) is 75.1 Å². The predicted octanol–water partition coefficient (Wildman–Crippen LogP) is -0.162. The minimum absolute atomic E-state index is 0. The molecule has 2 aliphatic rings. The van der Waals surface area contributed by atoms with Crippen LogP contribution in [0.4, 0.5) is 0 Å². The molecule has 0 aromatic heterocycles.